The second-order valence-electron chi connectivity index (χ2n) is 3.91. The third-order valence-electron chi connectivity index (χ3n) is 2.74. The number of benzene rings is 1. The Morgan fingerprint density at radius 2 is 2.24 bits per heavy atom. The molecule has 0 aliphatic carbocycles. The first kappa shape index (κ1) is 12.5. The molecule has 1 aliphatic heterocycles. The van der Waals surface area contributed by atoms with E-state index < -0.39 is 0 Å². The minimum absolute atomic E-state index is 0.138. The number of likely N-dealkylation sites (tertiary alicyclic amines) is 1. The summed E-state index contributed by atoms with van der Waals surface area (Å²) in [6.07, 6.45) is 1.07. The summed E-state index contributed by atoms with van der Waals surface area (Å²) in [5.41, 5.74) is 0. The molecular weight excluding hydrogens is 258 g/mol. The molecule has 0 spiro atoms. The molecule has 0 amide bonds. The summed E-state index contributed by atoms with van der Waals surface area (Å²) in [4.78, 5) is 1.95. The van der Waals surface area contributed by atoms with E-state index in [-0.39, 0.29) is 6.10 Å². The van der Waals surface area contributed by atoms with Gasteiger partial charge in [0.05, 0.1) is 13.7 Å². The van der Waals surface area contributed by atoms with Crippen LogP contribution in [0.15, 0.2) is 24.3 Å². The molecule has 0 bridgehead atoms. The van der Waals surface area contributed by atoms with E-state index in [0.717, 1.165) is 31.0 Å². The van der Waals surface area contributed by atoms with Crippen LogP contribution in [0.3, 0.4) is 0 Å². The molecule has 0 saturated carbocycles. The molecule has 0 N–H and O–H groups in total. The molecule has 5 heteroatoms. The average molecular weight is 272 g/mol. The van der Waals surface area contributed by atoms with Gasteiger partial charge in [-0.1, -0.05) is 17.7 Å². The fourth-order valence-corrected chi connectivity index (χ4v) is 2.17. The van der Waals surface area contributed by atoms with Crippen molar-refractivity contribution in [2.45, 2.75) is 12.5 Å². The molecule has 2 rings (SSSR count). The first-order chi connectivity index (χ1) is 8.19. The second kappa shape index (κ2) is 5.56. The highest BCUT2D eigenvalue weighted by Crippen LogP contribution is 2.23. The smallest absolute Gasteiger partial charge is 0.170 e. The van der Waals surface area contributed by atoms with Gasteiger partial charge in [0.25, 0.3) is 0 Å². The van der Waals surface area contributed by atoms with Crippen molar-refractivity contribution in [2.24, 2.45) is 0 Å². The van der Waals surface area contributed by atoms with Crippen LogP contribution in [0.4, 0.5) is 0 Å². The maximum absolute atomic E-state index is 5.86. The lowest BCUT2D eigenvalue weighted by atomic mass is 10.3. The number of halogens is 1. The Balaban J connectivity index is 1.95. The van der Waals surface area contributed by atoms with E-state index >= 15 is 0 Å². The predicted octanol–water partition coefficient (Wildman–Crippen LogP) is 2.67. The van der Waals surface area contributed by atoms with E-state index in [0.29, 0.717) is 4.45 Å². The first-order valence-corrected chi connectivity index (χ1v) is 6.23. The van der Waals surface area contributed by atoms with Crippen LogP contribution in [0.1, 0.15) is 6.42 Å². The molecule has 1 atom stereocenters. The molecule has 3 nitrogen and oxygen atoms in total. The number of thiocarbonyl (C=S) groups is 1. The van der Waals surface area contributed by atoms with Gasteiger partial charge in [0.2, 0.25) is 0 Å². The molecule has 1 unspecified atom stereocenters. The Bertz CT molecular complexity index is 413. The van der Waals surface area contributed by atoms with E-state index in [1.165, 1.54) is 0 Å². The molecular formula is C12H14ClNO2S. The van der Waals surface area contributed by atoms with Crippen molar-refractivity contribution in [1.82, 2.24) is 4.90 Å². The number of hydrogen-bond donors (Lipinski definition) is 0. The zero-order valence-electron chi connectivity index (χ0n) is 9.56. The summed E-state index contributed by atoms with van der Waals surface area (Å²) >= 11 is 10.7. The largest absolute Gasteiger partial charge is 0.497 e. The van der Waals surface area contributed by atoms with E-state index in [1.807, 2.05) is 29.2 Å². The average Bonchev–Trinajstić information content (AvgIpc) is 2.78. The van der Waals surface area contributed by atoms with E-state index in [1.54, 1.807) is 7.11 Å². The lowest BCUT2D eigenvalue weighted by Crippen LogP contribution is -2.26. The summed E-state index contributed by atoms with van der Waals surface area (Å²) in [6, 6.07) is 7.60. The maximum atomic E-state index is 5.86. The second-order valence-corrected chi connectivity index (χ2v) is 4.88. The van der Waals surface area contributed by atoms with Crippen molar-refractivity contribution in [1.29, 1.82) is 0 Å². The zero-order chi connectivity index (χ0) is 12.3. The van der Waals surface area contributed by atoms with Gasteiger partial charge in [0, 0.05) is 19.0 Å². The number of rotatable bonds is 3. The Labute approximate surface area is 111 Å². The summed E-state index contributed by atoms with van der Waals surface area (Å²) < 4.78 is 11.4. The van der Waals surface area contributed by atoms with Crippen LogP contribution in [-0.4, -0.2) is 35.7 Å². The van der Waals surface area contributed by atoms with E-state index in [9.17, 15) is 0 Å². The van der Waals surface area contributed by atoms with Gasteiger partial charge in [-0.2, -0.15) is 0 Å². The molecule has 1 saturated heterocycles. The third-order valence-corrected chi connectivity index (χ3v) is 3.23. The Kier molecular flexibility index (Phi) is 4.07. The summed E-state index contributed by atoms with van der Waals surface area (Å²) in [5.74, 6) is 1.61. The van der Waals surface area contributed by atoms with Gasteiger partial charge in [-0.3, -0.25) is 0 Å². The number of methoxy groups -OCH3 is 1. The predicted molar refractivity (Wildman–Crippen MR) is 72.1 cm³/mol. The van der Waals surface area contributed by atoms with E-state index in [4.69, 9.17) is 33.3 Å². The van der Waals surface area contributed by atoms with Gasteiger partial charge < -0.3 is 14.4 Å². The van der Waals surface area contributed by atoms with Crippen LogP contribution in [-0.2, 0) is 0 Å². The van der Waals surface area contributed by atoms with Gasteiger partial charge in [0.1, 0.15) is 17.6 Å². The Morgan fingerprint density at radius 3 is 2.88 bits per heavy atom. The van der Waals surface area contributed by atoms with Gasteiger partial charge in [0.15, 0.2) is 4.45 Å². The summed E-state index contributed by atoms with van der Waals surface area (Å²) in [7, 11) is 1.64. The van der Waals surface area contributed by atoms with Crippen LogP contribution >= 0.6 is 23.8 Å². The molecule has 92 valence electrons. The third kappa shape index (κ3) is 3.23. The Morgan fingerprint density at radius 1 is 1.47 bits per heavy atom. The minimum atomic E-state index is 0.138. The lowest BCUT2D eigenvalue weighted by Gasteiger charge is -2.16. The lowest BCUT2D eigenvalue weighted by molar-refractivity contribution is 0.214. The number of ether oxygens (including phenoxy) is 2. The van der Waals surface area contributed by atoms with Crippen molar-refractivity contribution < 1.29 is 9.47 Å². The highest BCUT2D eigenvalue weighted by molar-refractivity contribution is 7.83. The van der Waals surface area contributed by atoms with Crippen molar-refractivity contribution in [3.8, 4) is 11.5 Å². The van der Waals surface area contributed by atoms with Gasteiger partial charge in [-0.25, -0.2) is 0 Å². The highest BCUT2D eigenvalue weighted by Gasteiger charge is 2.24. The number of hydrogen-bond acceptors (Lipinski definition) is 3. The molecule has 0 radical (unpaired) electrons. The van der Waals surface area contributed by atoms with Crippen LogP contribution < -0.4 is 9.47 Å². The fraction of sp³-hybridized carbons (Fsp3) is 0.417. The molecule has 17 heavy (non-hydrogen) atoms. The topological polar surface area (TPSA) is 21.7 Å². The van der Waals surface area contributed by atoms with Gasteiger partial charge in [-0.15, -0.1) is 0 Å². The molecule has 1 fully saturated rings. The normalized spacial score (nSPS) is 19.2. The number of nitrogens with zero attached hydrogens (tertiary/aromatic N) is 1. The van der Waals surface area contributed by atoms with Crippen LogP contribution in [0, 0.1) is 0 Å². The summed E-state index contributed by atoms with van der Waals surface area (Å²) in [6.45, 7) is 1.61. The fourth-order valence-electron chi connectivity index (χ4n) is 1.85. The van der Waals surface area contributed by atoms with Crippen LogP contribution in [0.5, 0.6) is 11.5 Å². The standard InChI is InChI=1S/C12H14ClNO2S/c1-15-9-3-2-4-10(7-9)16-11-5-6-14(8-11)12(13)17/h2-4,7,11H,5-6,8H2,1H3. The van der Waals surface area contributed by atoms with Crippen molar-refractivity contribution in [3.63, 3.8) is 0 Å². The molecule has 1 aromatic carbocycles. The van der Waals surface area contributed by atoms with Crippen molar-refractivity contribution in [3.05, 3.63) is 24.3 Å². The maximum Gasteiger partial charge on any atom is 0.170 e. The SMILES string of the molecule is COc1cccc(OC2CCN(C(=S)Cl)C2)c1. The highest BCUT2D eigenvalue weighted by atomic mass is 35.5. The summed E-state index contributed by atoms with van der Waals surface area (Å²) in [5, 5.41) is 0. The zero-order valence-corrected chi connectivity index (χ0v) is 11.1. The van der Waals surface area contributed by atoms with Crippen LogP contribution in [0.2, 0.25) is 0 Å². The monoisotopic (exact) mass is 271 g/mol. The van der Waals surface area contributed by atoms with Gasteiger partial charge >= 0.3 is 0 Å². The van der Waals surface area contributed by atoms with Crippen molar-refractivity contribution in [2.75, 3.05) is 20.2 Å². The quantitative estimate of drug-likeness (QED) is 0.479. The van der Waals surface area contributed by atoms with Crippen molar-refractivity contribution >= 4 is 28.3 Å². The Hall–Kier alpha value is -1.000. The molecule has 1 heterocycles. The first-order valence-electron chi connectivity index (χ1n) is 5.44. The van der Waals surface area contributed by atoms with Crippen LogP contribution in [0.25, 0.3) is 0 Å². The molecule has 1 aliphatic rings. The van der Waals surface area contributed by atoms with Gasteiger partial charge in [-0.05, 0) is 24.4 Å². The van der Waals surface area contributed by atoms with E-state index in [2.05, 4.69) is 0 Å². The molecule has 1 aromatic rings. The molecule has 0 aromatic heterocycles. The minimum Gasteiger partial charge on any atom is -0.497 e.